The Labute approximate surface area is 146 Å². The molecule has 1 spiro atoms. The lowest BCUT2D eigenvalue weighted by Gasteiger charge is -2.38. The van der Waals surface area contributed by atoms with Crippen LogP contribution >= 0.6 is 0 Å². The molecule has 4 heterocycles. The van der Waals surface area contributed by atoms with Crippen molar-refractivity contribution in [1.82, 2.24) is 14.9 Å². The van der Waals surface area contributed by atoms with Crippen molar-refractivity contribution < 1.29 is 14.3 Å². The van der Waals surface area contributed by atoms with Gasteiger partial charge in [0.1, 0.15) is 11.9 Å². The largest absolute Gasteiger partial charge is 0.486 e. The van der Waals surface area contributed by atoms with Crippen LogP contribution in [-0.4, -0.2) is 52.2 Å². The van der Waals surface area contributed by atoms with Crippen LogP contribution in [0.2, 0.25) is 0 Å². The minimum Gasteiger partial charge on any atom is -0.486 e. The van der Waals surface area contributed by atoms with Crippen molar-refractivity contribution in [3.63, 3.8) is 0 Å². The van der Waals surface area contributed by atoms with E-state index in [9.17, 15) is 4.79 Å². The summed E-state index contributed by atoms with van der Waals surface area (Å²) in [6, 6.07) is 7.30. The summed E-state index contributed by atoms with van der Waals surface area (Å²) in [5.74, 6) is 0.844. The van der Waals surface area contributed by atoms with Crippen LogP contribution in [0.25, 0.3) is 0 Å². The van der Waals surface area contributed by atoms with E-state index >= 15 is 0 Å². The van der Waals surface area contributed by atoms with Gasteiger partial charge in [-0.25, -0.2) is 0 Å². The number of likely N-dealkylation sites (tertiary alicyclic amines) is 1. The highest BCUT2D eigenvalue weighted by molar-refractivity contribution is 5.94. The quantitative estimate of drug-likeness (QED) is 0.859. The fraction of sp³-hybridized carbons (Fsp3) is 0.421. The SMILES string of the molecule is O=C(c1ccncc1)N1CCC2(CC1)C[C@@H](Oc1cccnc1)CO2. The van der Waals surface area contributed by atoms with Crippen molar-refractivity contribution in [2.75, 3.05) is 19.7 Å². The molecule has 0 N–H and O–H groups in total. The Morgan fingerprint density at radius 2 is 1.96 bits per heavy atom. The van der Waals surface area contributed by atoms with Gasteiger partial charge in [-0.3, -0.25) is 14.8 Å². The van der Waals surface area contributed by atoms with Crippen molar-refractivity contribution >= 4 is 5.91 Å². The Bertz CT molecular complexity index is 715. The Balaban J connectivity index is 1.33. The van der Waals surface area contributed by atoms with Gasteiger partial charge >= 0.3 is 0 Å². The van der Waals surface area contributed by atoms with Crippen LogP contribution in [0, 0.1) is 0 Å². The topological polar surface area (TPSA) is 64.6 Å². The monoisotopic (exact) mass is 339 g/mol. The number of carbonyl (C=O) groups is 1. The Morgan fingerprint density at radius 3 is 2.68 bits per heavy atom. The molecule has 6 heteroatoms. The van der Waals surface area contributed by atoms with Gasteiger partial charge in [-0.1, -0.05) is 0 Å². The molecule has 130 valence electrons. The summed E-state index contributed by atoms with van der Waals surface area (Å²) in [5.41, 5.74) is 0.526. The van der Waals surface area contributed by atoms with Crippen molar-refractivity contribution in [2.24, 2.45) is 0 Å². The molecule has 2 saturated heterocycles. The summed E-state index contributed by atoms with van der Waals surface area (Å²) < 4.78 is 12.1. The van der Waals surface area contributed by atoms with E-state index in [0.717, 1.165) is 25.0 Å². The summed E-state index contributed by atoms with van der Waals surface area (Å²) in [6.07, 6.45) is 9.35. The van der Waals surface area contributed by atoms with Crippen LogP contribution in [0.5, 0.6) is 5.75 Å². The molecule has 2 aromatic rings. The summed E-state index contributed by atoms with van der Waals surface area (Å²) in [4.78, 5) is 22.5. The molecule has 0 radical (unpaired) electrons. The molecule has 2 fully saturated rings. The van der Waals surface area contributed by atoms with E-state index in [0.29, 0.717) is 25.3 Å². The highest BCUT2D eigenvalue weighted by atomic mass is 16.6. The molecular weight excluding hydrogens is 318 g/mol. The summed E-state index contributed by atoms with van der Waals surface area (Å²) in [7, 11) is 0. The van der Waals surface area contributed by atoms with Gasteiger partial charge in [-0.2, -0.15) is 0 Å². The van der Waals surface area contributed by atoms with Crippen LogP contribution in [0.1, 0.15) is 29.6 Å². The molecule has 25 heavy (non-hydrogen) atoms. The normalized spacial score (nSPS) is 22.1. The fourth-order valence-electron chi connectivity index (χ4n) is 3.63. The molecule has 0 aromatic carbocycles. The van der Waals surface area contributed by atoms with Gasteiger partial charge in [0, 0.05) is 43.7 Å². The molecule has 0 saturated carbocycles. The van der Waals surface area contributed by atoms with Gasteiger partial charge in [0.25, 0.3) is 5.91 Å². The third kappa shape index (κ3) is 3.49. The third-order valence-electron chi connectivity index (χ3n) is 5.00. The number of nitrogens with zero attached hydrogens (tertiary/aromatic N) is 3. The number of pyridine rings is 2. The van der Waals surface area contributed by atoms with E-state index in [1.807, 2.05) is 17.0 Å². The predicted molar refractivity (Wildman–Crippen MR) is 91.3 cm³/mol. The lowest BCUT2D eigenvalue weighted by atomic mass is 9.87. The highest BCUT2D eigenvalue weighted by Crippen LogP contribution is 2.37. The van der Waals surface area contributed by atoms with E-state index < -0.39 is 0 Å². The van der Waals surface area contributed by atoms with Gasteiger partial charge in [-0.15, -0.1) is 0 Å². The first-order chi connectivity index (χ1) is 12.2. The van der Waals surface area contributed by atoms with Crippen LogP contribution < -0.4 is 4.74 Å². The molecule has 0 bridgehead atoms. The molecular formula is C19H21N3O3. The van der Waals surface area contributed by atoms with Gasteiger partial charge in [-0.05, 0) is 37.1 Å². The van der Waals surface area contributed by atoms with Crippen LogP contribution in [0.3, 0.4) is 0 Å². The molecule has 1 amide bonds. The highest BCUT2D eigenvalue weighted by Gasteiger charge is 2.44. The van der Waals surface area contributed by atoms with E-state index in [1.165, 1.54) is 0 Å². The van der Waals surface area contributed by atoms with Gasteiger partial charge in [0.15, 0.2) is 0 Å². The maximum Gasteiger partial charge on any atom is 0.253 e. The molecule has 2 aliphatic heterocycles. The van der Waals surface area contributed by atoms with Crippen LogP contribution in [-0.2, 0) is 4.74 Å². The smallest absolute Gasteiger partial charge is 0.253 e. The average Bonchev–Trinajstić information content (AvgIpc) is 3.05. The lowest BCUT2D eigenvalue weighted by Crippen LogP contribution is -2.46. The lowest BCUT2D eigenvalue weighted by molar-refractivity contribution is -0.0395. The van der Waals surface area contributed by atoms with E-state index in [1.54, 1.807) is 36.9 Å². The first-order valence-electron chi connectivity index (χ1n) is 8.64. The maximum absolute atomic E-state index is 12.5. The molecule has 4 rings (SSSR count). The van der Waals surface area contributed by atoms with Gasteiger partial charge in [0.05, 0.1) is 18.4 Å². The summed E-state index contributed by atoms with van der Waals surface area (Å²) in [5, 5.41) is 0. The molecule has 0 aliphatic carbocycles. The zero-order valence-corrected chi connectivity index (χ0v) is 14.0. The van der Waals surface area contributed by atoms with Gasteiger partial charge in [0.2, 0.25) is 0 Å². The summed E-state index contributed by atoms with van der Waals surface area (Å²) in [6.45, 7) is 2.01. The first kappa shape index (κ1) is 16.0. The first-order valence-corrected chi connectivity index (χ1v) is 8.64. The number of piperidine rings is 1. The molecule has 2 aliphatic rings. The zero-order valence-electron chi connectivity index (χ0n) is 14.0. The number of rotatable bonds is 3. The van der Waals surface area contributed by atoms with E-state index in [-0.39, 0.29) is 17.6 Å². The van der Waals surface area contributed by atoms with Crippen LogP contribution in [0.15, 0.2) is 49.1 Å². The number of ether oxygens (including phenoxy) is 2. The minimum atomic E-state index is -0.165. The van der Waals surface area contributed by atoms with Crippen molar-refractivity contribution in [3.8, 4) is 5.75 Å². The Kier molecular flexibility index (Phi) is 4.36. The minimum absolute atomic E-state index is 0.0478. The Morgan fingerprint density at radius 1 is 1.16 bits per heavy atom. The average molecular weight is 339 g/mol. The second kappa shape index (κ2) is 6.80. The van der Waals surface area contributed by atoms with Gasteiger partial charge < -0.3 is 14.4 Å². The molecule has 2 aromatic heterocycles. The molecule has 1 atom stereocenters. The Hall–Kier alpha value is -2.47. The number of amides is 1. The summed E-state index contributed by atoms with van der Waals surface area (Å²) >= 11 is 0. The second-order valence-electron chi connectivity index (χ2n) is 6.65. The number of aromatic nitrogens is 2. The molecule has 6 nitrogen and oxygen atoms in total. The maximum atomic E-state index is 12.5. The van der Waals surface area contributed by atoms with E-state index in [4.69, 9.17) is 9.47 Å². The predicted octanol–water partition coefficient (Wildman–Crippen LogP) is 2.32. The number of hydrogen-bond donors (Lipinski definition) is 0. The zero-order chi connectivity index (χ0) is 17.1. The van der Waals surface area contributed by atoms with Crippen molar-refractivity contribution in [1.29, 1.82) is 0 Å². The standard InChI is InChI=1S/C19H21N3O3/c23-18(15-3-8-20-9-4-15)22-10-5-19(6-11-22)12-17(14-24-19)25-16-2-1-7-21-13-16/h1-4,7-9,13,17H,5-6,10-12,14H2/t17-/m1/s1. The van der Waals surface area contributed by atoms with Crippen molar-refractivity contribution in [3.05, 3.63) is 54.6 Å². The number of hydrogen-bond acceptors (Lipinski definition) is 5. The fourth-order valence-corrected chi connectivity index (χ4v) is 3.63. The van der Waals surface area contributed by atoms with Crippen LogP contribution in [0.4, 0.5) is 0 Å². The number of carbonyl (C=O) groups excluding carboxylic acids is 1. The molecule has 0 unspecified atom stereocenters. The van der Waals surface area contributed by atoms with E-state index in [2.05, 4.69) is 9.97 Å². The third-order valence-corrected chi connectivity index (χ3v) is 5.00. The van der Waals surface area contributed by atoms with Crippen molar-refractivity contribution in [2.45, 2.75) is 31.0 Å². The second-order valence-corrected chi connectivity index (χ2v) is 6.65.